The zero-order valence-electron chi connectivity index (χ0n) is 9.16. The van der Waals surface area contributed by atoms with Crippen molar-refractivity contribution in [3.05, 3.63) is 41.5 Å². The normalized spacial score (nSPS) is 15.1. The van der Waals surface area contributed by atoms with Gasteiger partial charge in [0.25, 0.3) is 0 Å². The maximum absolute atomic E-state index is 8.94. The third-order valence-electron chi connectivity index (χ3n) is 2.71. The fourth-order valence-electron chi connectivity index (χ4n) is 1.77. The van der Waals surface area contributed by atoms with Gasteiger partial charge in [0.1, 0.15) is 6.07 Å². The van der Waals surface area contributed by atoms with Gasteiger partial charge in [-0.05, 0) is 25.1 Å². The van der Waals surface area contributed by atoms with Gasteiger partial charge < -0.3 is 10.6 Å². The molecule has 0 bridgehead atoms. The van der Waals surface area contributed by atoms with Crippen LogP contribution in [0.4, 0.5) is 5.69 Å². The summed E-state index contributed by atoms with van der Waals surface area (Å²) >= 11 is 0. The van der Waals surface area contributed by atoms with Crippen molar-refractivity contribution in [2.75, 3.05) is 25.0 Å². The molecule has 0 atom stereocenters. The summed E-state index contributed by atoms with van der Waals surface area (Å²) in [4.78, 5) is 0. The molecule has 16 heavy (non-hydrogen) atoms. The molecule has 1 heterocycles. The molecule has 0 spiro atoms. The van der Waals surface area contributed by atoms with Crippen molar-refractivity contribution in [3.63, 3.8) is 0 Å². The Balaban J connectivity index is 1.99. The van der Waals surface area contributed by atoms with Crippen LogP contribution in [0.5, 0.6) is 0 Å². The number of hydrogen-bond donors (Lipinski definition) is 2. The van der Waals surface area contributed by atoms with Gasteiger partial charge in [0.15, 0.2) is 0 Å². The summed E-state index contributed by atoms with van der Waals surface area (Å²) in [5.41, 5.74) is 3.04. The Morgan fingerprint density at radius 2 is 2.25 bits per heavy atom. The first kappa shape index (κ1) is 10.7. The van der Waals surface area contributed by atoms with Crippen LogP contribution in [0.15, 0.2) is 35.9 Å². The first-order valence-electron chi connectivity index (χ1n) is 5.52. The second-order valence-corrected chi connectivity index (χ2v) is 3.83. The molecule has 0 saturated heterocycles. The fraction of sp³-hybridized carbons (Fsp3) is 0.308. The van der Waals surface area contributed by atoms with E-state index < -0.39 is 0 Å². The predicted molar refractivity (Wildman–Crippen MR) is 65.2 cm³/mol. The molecule has 0 saturated carbocycles. The van der Waals surface area contributed by atoms with Gasteiger partial charge >= 0.3 is 0 Å². The highest BCUT2D eigenvalue weighted by Crippen LogP contribution is 2.14. The van der Waals surface area contributed by atoms with Crippen LogP contribution >= 0.6 is 0 Å². The standard InChI is InChI=1S/C13H15N3/c14-9-12-3-1-2-4-13(12)16-10-11-5-7-15-8-6-11/h1-5,15-16H,6-8,10H2. The summed E-state index contributed by atoms with van der Waals surface area (Å²) in [5.74, 6) is 0. The minimum absolute atomic E-state index is 0.706. The lowest BCUT2D eigenvalue weighted by Gasteiger charge is -2.15. The van der Waals surface area contributed by atoms with Crippen molar-refractivity contribution >= 4 is 5.69 Å². The number of rotatable bonds is 3. The number of hydrogen-bond acceptors (Lipinski definition) is 3. The zero-order valence-corrected chi connectivity index (χ0v) is 9.16. The van der Waals surface area contributed by atoms with Crippen LogP contribution in [-0.4, -0.2) is 19.6 Å². The Morgan fingerprint density at radius 1 is 1.38 bits per heavy atom. The van der Waals surface area contributed by atoms with Crippen LogP contribution in [0.1, 0.15) is 12.0 Å². The monoisotopic (exact) mass is 213 g/mol. The molecule has 2 N–H and O–H groups in total. The molecule has 0 amide bonds. The third kappa shape index (κ3) is 2.62. The average Bonchev–Trinajstić information content (AvgIpc) is 2.38. The van der Waals surface area contributed by atoms with Crippen LogP contribution in [0.3, 0.4) is 0 Å². The first-order chi connectivity index (χ1) is 7.90. The molecular weight excluding hydrogens is 198 g/mol. The third-order valence-corrected chi connectivity index (χ3v) is 2.71. The molecule has 0 aromatic heterocycles. The van der Waals surface area contributed by atoms with E-state index in [1.165, 1.54) is 5.57 Å². The van der Waals surface area contributed by atoms with E-state index in [9.17, 15) is 0 Å². The highest BCUT2D eigenvalue weighted by Gasteiger charge is 2.04. The average molecular weight is 213 g/mol. The summed E-state index contributed by atoms with van der Waals surface area (Å²) in [6.45, 7) is 2.84. The van der Waals surface area contributed by atoms with E-state index in [1.807, 2.05) is 24.3 Å². The number of nitriles is 1. The Morgan fingerprint density at radius 3 is 3.00 bits per heavy atom. The van der Waals surface area contributed by atoms with E-state index in [1.54, 1.807) is 0 Å². The number of para-hydroxylation sites is 1. The van der Waals surface area contributed by atoms with Gasteiger partial charge in [-0.25, -0.2) is 0 Å². The van der Waals surface area contributed by atoms with E-state index in [-0.39, 0.29) is 0 Å². The lowest BCUT2D eigenvalue weighted by molar-refractivity contribution is 0.698. The van der Waals surface area contributed by atoms with Crippen LogP contribution < -0.4 is 10.6 Å². The molecule has 82 valence electrons. The van der Waals surface area contributed by atoms with E-state index in [4.69, 9.17) is 5.26 Å². The molecule has 2 rings (SSSR count). The van der Waals surface area contributed by atoms with Crippen LogP contribution in [0.25, 0.3) is 0 Å². The summed E-state index contributed by atoms with van der Waals surface area (Å²) in [7, 11) is 0. The maximum Gasteiger partial charge on any atom is 0.101 e. The lowest BCUT2D eigenvalue weighted by Crippen LogP contribution is -2.23. The zero-order chi connectivity index (χ0) is 11.2. The molecule has 1 aromatic rings. The summed E-state index contributed by atoms with van der Waals surface area (Å²) < 4.78 is 0. The van der Waals surface area contributed by atoms with Crippen molar-refractivity contribution < 1.29 is 0 Å². The quantitative estimate of drug-likeness (QED) is 0.754. The van der Waals surface area contributed by atoms with Gasteiger partial charge in [-0.1, -0.05) is 23.8 Å². The molecule has 3 heteroatoms. The molecule has 0 unspecified atom stereocenters. The number of nitrogens with zero attached hydrogens (tertiary/aromatic N) is 1. The highest BCUT2D eigenvalue weighted by atomic mass is 14.9. The summed E-state index contributed by atoms with van der Waals surface area (Å²) in [6.07, 6.45) is 3.30. The first-order valence-corrected chi connectivity index (χ1v) is 5.52. The molecule has 1 aliphatic rings. The SMILES string of the molecule is N#Cc1ccccc1NCC1=CCNCC1. The Labute approximate surface area is 95.8 Å². The fourth-order valence-corrected chi connectivity index (χ4v) is 1.77. The van der Waals surface area contributed by atoms with Crippen molar-refractivity contribution in [2.24, 2.45) is 0 Å². The molecule has 3 nitrogen and oxygen atoms in total. The maximum atomic E-state index is 8.94. The van der Waals surface area contributed by atoms with Gasteiger partial charge in [0, 0.05) is 13.1 Å². The number of anilines is 1. The van der Waals surface area contributed by atoms with Crippen molar-refractivity contribution in [1.29, 1.82) is 5.26 Å². The number of benzene rings is 1. The highest BCUT2D eigenvalue weighted by molar-refractivity contribution is 5.57. The van der Waals surface area contributed by atoms with Crippen molar-refractivity contribution in [2.45, 2.75) is 6.42 Å². The number of nitrogens with one attached hydrogen (secondary N) is 2. The van der Waals surface area contributed by atoms with Gasteiger partial charge in [0.05, 0.1) is 11.3 Å². The van der Waals surface area contributed by atoms with E-state index in [2.05, 4.69) is 22.8 Å². The second kappa shape index (κ2) is 5.34. The van der Waals surface area contributed by atoms with Crippen molar-refractivity contribution in [3.8, 4) is 6.07 Å². The summed E-state index contributed by atoms with van der Waals surface area (Å²) in [6, 6.07) is 9.79. The lowest BCUT2D eigenvalue weighted by atomic mass is 10.1. The summed E-state index contributed by atoms with van der Waals surface area (Å²) in [5, 5.41) is 15.5. The smallest absolute Gasteiger partial charge is 0.101 e. The Bertz CT molecular complexity index is 429. The Kier molecular flexibility index (Phi) is 3.58. The van der Waals surface area contributed by atoms with Gasteiger partial charge in [-0.15, -0.1) is 0 Å². The minimum Gasteiger partial charge on any atom is -0.380 e. The van der Waals surface area contributed by atoms with Crippen LogP contribution in [-0.2, 0) is 0 Å². The minimum atomic E-state index is 0.706. The molecule has 0 radical (unpaired) electrons. The van der Waals surface area contributed by atoms with E-state index >= 15 is 0 Å². The predicted octanol–water partition coefficient (Wildman–Crippen LogP) is 1.89. The second-order valence-electron chi connectivity index (χ2n) is 3.83. The van der Waals surface area contributed by atoms with Gasteiger partial charge in [-0.3, -0.25) is 0 Å². The van der Waals surface area contributed by atoms with Crippen molar-refractivity contribution in [1.82, 2.24) is 5.32 Å². The van der Waals surface area contributed by atoms with Gasteiger partial charge in [0.2, 0.25) is 0 Å². The largest absolute Gasteiger partial charge is 0.380 e. The van der Waals surface area contributed by atoms with Crippen LogP contribution in [0.2, 0.25) is 0 Å². The van der Waals surface area contributed by atoms with E-state index in [0.29, 0.717) is 5.56 Å². The molecule has 0 fully saturated rings. The van der Waals surface area contributed by atoms with Crippen LogP contribution in [0, 0.1) is 11.3 Å². The molecule has 1 aliphatic heterocycles. The molecule has 0 aliphatic carbocycles. The molecular formula is C13H15N3. The van der Waals surface area contributed by atoms with Gasteiger partial charge in [-0.2, -0.15) is 5.26 Å². The van der Waals surface area contributed by atoms with E-state index in [0.717, 1.165) is 31.7 Å². The molecule has 1 aromatic carbocycles. The topological polar surface area (TPSA) is 47.9 Å². The Hall–Kier alpha value is -1.79.